The van der Waals surface area contributed by atoms with Gasteiger partial charge >= 0.3 is 6.18 Å². The van der Waals surface area contributed by atoms with Crippen LogP contribution in [0.25, 0.3) is 23.2 Å². The van der Waals surface area contributed by atoms with E-state index in [1.165, 1.54) is 35.5 Å². The quantitative estimate of drug-likeness (QED) is 0.526. The fraction of sp³-hybridized carbons (Fsp3) is 0.111. The number of aromatic nitrogens is 4. The fourth-order valence-electron chi connectivity index (χ4n) is 2.49. The summed E-state index contributed by atoms with van der Waals surface area (Å²) in [6.45, 7) is 1.55. The molecule has 28 heavy (non-hydrogen) atoms. The molecule has 6 nitrogen and oxygen atoms in total. The molecule has 0 spiro atoms. The first kappa shape index (κ1) is 19.6. The second-order valence-electron chi connectivity index (χ2n) is 5.91. The largest absolute Gasteiger partial charge is 0.416 e. The lowest BCUT2D eigenvalue weighted by Gasteiger charge is -2.09. The highest BCUT2D eigenvalue weighted by Crippen LogP contribution is 2.32. The topological polar surface area (TPSA) is 86.7 Å². The van der Waals surface area contributed by atoms with Crippen molar-refractivity contribution in [3.05, 3.63) is 64.7 Å². The third kappa shape index (κ3) is 4.37. The Balaban J connectivity index is 1.99. The van der Waals surface area contributed by atoms with Crippen molar-refractivity contribution >= 4 is 29.3 Å². The molecular weight excluding hydrogens is 395 g/mol. The number of amides is 1. The van der Waals surface area contributed by atoms with Crippen molar-refractivity contribution in [3.63, 3.8) is 0 Å². The highest BCUT2D eigenvalue weighted by Gasteiger charge is 2.31. The summed E-state index contributed by atoms with van der Waals surface area (Å²) in [5.74, 6) is -0.667. The van der Waals surface area contributed by atoms with E-state index in [9.17, 15) is 18.0 Å². The van der Waals surface area contributed by atoms with E-state index >= 15 is 0 Å². The molecule has 2 heterocycles. The molecule has 144 valence electrons. The highest BCUT2D eigenvalue weighted by atomic mass is 35.5. The molecule has 0 aliphatic rings. The van der Waals surface area contributed by atoms with E-state index in [1.54, 1.807) is 13.0 Å². The van der Waals surface area contributed by atoms with E-state index in [0.717, 1.165) is 12.1 Å². The van der Waals surface area contributed by atoms with Crippen LogP contribution < -0.4 is 5.73 Å². The molecule has 0 radical (unpaired) electrons. The molecule has 0 aliphatic heterocycles. The van der Waals surface area contributed by atoms with E-state index in [4.69, 9.17) is 17.3 Å². The van der Waals surface area contributed by atoms with E-state index in [-0.39, 0.29) is 22.1 Å². The van der Waals surface area contributed by atoms with Crippen molar-refractivity contribution in [1.29, 1.82) is 0 Å². The summed E-state index contributed by atoms with van der Waals surface area (Å²) in [6, 6.07) is 6.59. The lowest BCUT2D eigenvalue weighted by Crippen LogP contribution is -2.14. The molecule has 0 saturated heterocycles. The van der Waals surface area contributed by atoms with Gasteiger partial charge in [-0.05, 0) is 42.8 Å². The smallest absolute Gasteiger partial charge is 0.366 e. The highest BCUT2D eigenvalue weighted by molar-refractivity contribution is 6.29. The molecule has 1 amide bonds. The number of benzene rings is 1. The number of aryl methyl sites for hydroxylation is 1. The standard InChI is InChI=1S/C18H13ClF3N5O/c1-10-4-12(6-13(5-10)18(20,21)22)17-25-9-27(26-17)8-14(16(23)28)11-2-3-15(19)24-7-11/h2-9H,1H3,(H2,23,28)/b14-8+. The van der Waals surface area contributed by atoms with Gasteiger partial charge in [0.25, 0.3) is 5.91 Å². The Hall–Kier alpha value is -3.20. The first-order valence-electron chi connectivity index (χ1n) is 7.87. The minimum Gasteiger partial charge on any atom is -0.366 e. The number of hydrogen-bond acceptors (Lipinski definition) is 4. The summed E-state index contributed by atoms with van der Waals surface area (Å²) in [6.07, 6.45) is -0.543. The zero-order valence-corrected chi connectivity index (χ0v) is 15.2. The van der Waals surface area contributed by atoms with Gasteiger partial charge in [-0.15, -0.1) is 5.10 Å². The lowest BCUT2D eigenvalue weighted by molar-refractivity contribution is -0.137. The Morgan fingerprint density at radius 3 is 2.57 bits per heavy atom. The molecule has 3 aromatic rings. The van der Waals surface area contributed by atoms with Crippen molar-refractivity contribution in [3.8, 4) is 11.4 Å². The second-order valence-corrected chi connectivity index (χ2v) is 6.30. The van der Waals surface area contributed by atoms with Crippen molar-refractivity contribution in [2.45, 2.75) is 13.1 Å². The van der Waals surface area contributed by atoms with Gasteiger partial charge in [-0.25, -0.2) is 14.6 Å². The molecule has 0 atom stereocenters. The molecule has 0 fully saturated rings. The molecular formula is C18H13ClF3N5O. The normalized spacial score (nSPS) is 12.2. The Morgan fingerprint density at radius 2 is 1.96 bits per heavy atom. The maximum atomic E-state index is 13.0. The first-order chi connectivity index (χ1) is 13.1. The van der Waals surface area contributed by atoms with Gasteiger partial charge in [0.15, 0.2) is 5.82 Å². The number of halogens is 4. The number of primary amides is 1. The number of alkyl halides is 3. The minimum absolute atomic E-state index is 0.0727. The summed E-state index contributed by atoms with van der Waals surface area (Å²) in [5, 5.41) is 4.36. The van der Waals surface area contributed by atoms with Crippen LogP contribution in [0.5, 0.6) is 0 Å². The summed E-state index contributed by atoms with van der Waals surface area (Å²) in [5.41, 5.74) is 5.72. The van der Waals surface area contributed by atoms with Crippen molar-refractivity contribution in [2.75, 3.05) is 0 Å². The summed E-state index contributed by atoms with van der Waals surface area (Å²) >= 11 is 5.73. The monoisotopic (exact) mass is 407 g/mol. The van der Waals surface area contributed by atoms with Crippen LogP contribution in [0.1, 0.15) is 16.7 Å². The Labute approximate surface area is 162 Å². The maximum Gasteiger partial charge on any atom is 0.416 e. The van der Waals surface area contributed by atoms with Gasteiger partial charge in [0.05, 0.1) is 11.1 Å². The van der Waals surface area contributed by atoms with Gasteiger partial charge in [0.2, 0.25) is 0 Å². The number of rotatable bonds is 4. The third-order valence-electron chi connectivity index (χ3n) is 3.74. The molecule has 3 rings (SSSR count). The van der Waals surface area contributed by atoms with Gasteiger partial charge in [-0.2, -0.15) is 13.2 Å². The first-order valence-corrected chi connectivity index (χ1v) is 8.25. The van der Waals surface area contributed by atoms with E-state index < -0.39 is 17.6 Å². The molecule has 0 aliphatic carbocycles. The predicted molar refractivity (Wildman–Crippen MR) is 97.8 cm³/mol. The molecule has 0 unspecified atom stereocenters. The number of nitrogens with two attached hydrogens (primary N) is 1. The van der Waals surface area contributed by atoms with E-state index in [1.807, 2.05) is 0 Å². The minimum atomic E-state index is -4.48. The van der Waals surface area contributed by atoms with Crippen LogP contribution in [0.2, 0.25) is 5.15 Å². The Kier molecular flexibility index (Phi) is 5.19. The molecule has 1 aromatic carbocycles. The van der Waals surface area contributed by atoms with Crippen LogP contribution in [-0.2, 0) is 11.0 Å². The molecule has 2 aromatic heterocycles. The van der Waals surface area contributed by atoms with Crippen LogP contribution >= 0.6 is 11.6 Å². The number of pyridine rings is 1. The second kappa shape index (κ2) is 7.43. The molecule has 0 bridgehead atoms. The van der Waals surface area contributed by atoms with Crippen LogP contribution in [-0.4, -0.2) is 25.7 Å². The van der Waals surface area contributed by atoms with Crippen LogP contribution in [0.4, 0.5) is 13.2 Å². The zero-order valence-electron chi connectivity index (χ0n) is 14.4. The van der Waals surface area contributed by atoms with Crippen LogP contribution in [0, 0.1) is 6.92 Å². The lowest BCUT2D eigenvalue weighted by atomic mass is 10.1. The number of carbonyl (C=O) groups is 1. The van der Waals surface area contributed by atoms with E-state index in [2.05, 4.69) is 15.1 Å². The summed E-state index contributed by atoms with van der Waals surface area (Å²) in [4.78, 5) is 19.7. The van der Waals surface area contributed by atoms with Gasteiger partial charge in [-0.3, -0.25) is 4.79 Å². The Morgan fingerprint density at radius 1 is 1.21 bits per heavy atom. The summed E-state index contributed by atoms with van der Waals surface area (Å²) < 4.78 is 40.3. The maximum absolute atomic E-state index is 13.0. The Bertz CT molecular complexity index is 1060. The molecule has 10 heteroatoms. The number of carbonyl (C=O) groups excluding carboxylic acids is 1. The predicted octanol–water partition coefficient (Wildman–Crippen LogP) is 3.80. The van der Waals surface area contributed by atoms with Gasteiger partial charge in [0, 0.05) is 23.5 Å². The number of hydrogen-bond donors (Lipinski definition) is 1. The summed E-state index contributed by atoms with van der Waals surface area (Å²) in [7, 11) is 0. The molecule has 0 saturated carbocycles. The van der Waals surface area contributed by atoms with Crippen molar-refractivity contribution in [2.24, 2.45) is 5.73 Å². The van der Waals surface area contributed by atoms with Gasteiger partial charge in [-0.1, -0.05) is 11.6 Å². The van der Waals surface area contributed by atoms with Crippen molar-refractivity contribution in [1.82, 2.24) is 19.7 Å². The van der Waals surface area contributed by atoms with Crippen LogP contribution in [0.3, 0.4) is 0 Å². The van der Waals surface area contributed by atoms with E-state index in [0.29, 0.717) is 11.1 Å². The fourth-order valence-corrected chi connectivity index (χ4v) is 2.60. The van der Waals surface area contributed by atoms with Gasteiger partial charge in [0.1, 0.15) is 11.5 Å². The number of nitrogens with zero attached hydrogens (tertiary/aromatic N) is 4. The SMILES string of the molecule is Cc1cc(-c2ncn(/C=C(/C(N)=O)c3ccc(Cl)nc3)n2)cc(C(F)(F)F)c1. The molecule has 2 N–H and O–H groups in total. The van der Waals surface area contributed by atoms with Crippen molar-refractivity contribution < 1.29 is 18.0 Å². The zero-order chi connectivity index (χ0) is 20.5. The average Bonchev–Trinajstić information content (AvgIpc) is 3.08. The average molecular weight is 408 g/mol. The third-order valence-corrected chi connectivity index (χ3v) is 3.96. The van der Waals surface area contributed by atoms with Gasteiger partial charge < -0.3 is 5.73 Å². The van der Waals surface area contributed by atoms with Crippen LogP contribution in [0.15, 0.2) is 42.9 Å².